The summed E-state index contributed by atoms with van der Waals surface area (Å²) < 4.78 is 13.2. The lowest BCUT2D eigenvalue weighted by Gasteiger charge is -2.36. The molecule has 2 aromatic carbocycles. The molecule has 0 radical (unpaired) electrons. The lowest BCUT2D eigenvalue weighted by atomic mass is 10.1. The molecule has 2 aliphatic rings. The molecule has 2 fully saturated rings. The van der Waals surface area contributed by atoms with Crippen molar-refractivity contribution in [1.82, 2.24) is 20.4 Å². The third kappa shape index (κ3) is 8.64. The van der Waals surface area contributed by atoms with Crippen LogP contribution < -0.4 is 10.6 Å². The third-order valence-electron chi connectivity index (χ3n) is 7.74. The Balaban J connectivity index is 1.36. The summed E-state index contributed by atoms with van der Waals surface area (Å²) in [5.41, 5.74) is 2.33. The predicted molar refractivity (Wildman–Crippen MR) is 163 cm³/mol. The normalized spacial score (nSPS) is 20.0. The van der Waals surface area contributed by atoms with Gasteiger partial charge in [-0.3, -0.25) is 14.5 Å². The van der Waals surface area contributed by atoms with Crippen LogP contribution >= 0.6 is 0 Å². The first kappa shape index (κ1) is 31.2. The number of halogens is 1. The molecule has 1 saturated heterocycles. The molecule has 10 heteroatoms. The minimum absolute atomic E-state index is 0.0862. The second-order valence-electron chi connectivity index (χ2n) is 10.6. The van der Waals surface area contributed by atoms with E-state index in [2.05, 4.69) is 32.1 Å². The number of amidine groups is 1. The molecule has 0 bridgehead atoms. The van der Waals surface area contributed by atoms with Gasteiger partial charge < -0.3 is 20.6 Å². The van der Waals surface area contributed by atoms with Crippen molar-refractivity contribution in [2.45, 2.75) is 44.2 Å². The van der Waals surface area contributed by atoms with Crippen molar-refractivity contribution in [3.8, 4) is 0 Å². The number of piperazine rings is 1. The number of hydrogen-bond donors (Lipinski definition) is 3. The molecule has 1 aliphatic heterocycles. The Kier molecular flexibility index (Phi) is 11.5. The number of aliphatic imine (C=N–C) groups is 2. The minimum Gasteiger partial charge on any atom is -0.395 e. The molecule has 0 unspecified atom stereocenters. The number of nitrogens with one attached hydrogen (secondary N) is 2. The number of carbonyl (C=O) groups is 2. The highest BCUT2D eigenvalue weighted by atomic mass is 19.1. The minimum atomic E-state index is -0.655. The van der Waals surface area contributed by atoms with E-state index in [1.165, 1.54) is 18.3 Å². The van der Waals surface area contributed by atoms with Gasteiger partial charge in [-0.05, 0) is 62.6 Å². The van der Waals surface area contributed by atoms with Gasteiger partial charge in [-0.15, -0.1) is 0 Å². The van der Waals surface area contributed by atoms with Crippen LogP contribution in [0.2, 0.25) is 0 Å². The standard InChI is InChI=1S/C32H41FN6O3/c1-3-34-30(35-4-2)24-7-9-25(10-8-24)31(41)37-28(32(42)39-18-16-38(17-19-39)20-21-40)6-5-15-36-29-22-27(29)23-11-13-26(33)14-12-23/h3-4,7-14,27-29,36,40H,1,5-6,15-22H2,2H3,(H,37,41)/b34-30-,35-4-/t27-,28-,29+/m0/s1. The van der Waals surface area contributed by atoms with Crippen LogP contribution in [0.1, 0.15) is 53.6 Å². The van der Waals surface area contributed by atoms with Gasteiger partial charge in [0.2, 0.25) is 5.91 Å². The first-order valence-electron chi connectivity index (χ1n) is 14.6. The molecule has 3 N–H and O–H groups in total. The van der Waals surface area contributed by atoms with Gasteiger partial charge in [0, 0.05) is 68.2 Å². The Bertz CT molecular complexity index is 1260. The van der Waals surface area contributed by atoms with Gasteiger partial charge in [0.25, 0.3) is 5.91 Å². The smallest absolute Gasteiger partial charge is 0.251 e. The molecule has 2 amide bonds. The van der Waals surface area contributed by atoms with Crippen LogP contribution in [0.5, 0.6) is 0 Å². The number of hydrogen-bond acceptors (Lipinski definition) is 6. The fourth-order valence-corrected chi connectivity index (χ4v) is 5.31. The topological polar surface area (TPSA) is 110 Å². The van der Waals surface area contributed by atoms with Crippen LogP contribution in [0.25, 0.3) is 0 Å². The number of nitrogens with zero attached hydrogens (tertiary/aromatic N) is 4. The number of benzene rings is 2. The Labute approximate surface area is 247 Å². The molecule has 1 aliphatic carbocycles. The Morgan fingerprint density at radius 1 is 1.10 bits per heavy atom. The van der Waals surface area contributed by atoms with Crippen molar-refractivity contribution in [3.05, 3.63) is 83.8 Å². The Morgan fingerprint density at radius 2 is 1.79 bits per heavy atom. The van der Waals surface area contributed by atoms with Crippen LogP contribution in [0.15, 0.2) is 71.3 Å². The van der Waals surface area contributed by atoms with Crippen LogP contribution in [-0.2, 0) is 4.79 Å². The molecule has 9 nitrogen and oxygen atoms in total. The van der Waals surface area contributed by atoms with E-state index in [-0.39, 0.29) is 24.2 Å². The fourth-order valence-electron chi connectivity index (χ4n) is 5.31. The molecule has 1 heterocycles. The van der Waals surface area contributed by atoms with Crippen LogP contribution in [0.4, 0.5) is 4.39 Å². The first-order valence-corrected chi connectivity index (χ1v) is 14.6. The number of β-amino-alcohol motifs (C(OH)–C–C–N with tert-alkyl or cyclic N) is 1. The molecule has 0 spiro atoms. The van der Waals surface area contributed by atoms with E-state index in [1.54, 1.807) is 37.4 Å². The second kappa shape index (κ2) is 15.5. The molecule has 1 saturated carbocycles. The molecular weight excluding hydrogens is 535 g/mol. The second-order valence-corrected chi connectivity index (χ2v) is 10.6. The molecule has 3 atom stereocenters. The summed E-state index contributed by atoms with van der Waals surface area (Å²) in [4.78, 5) is 39.2. The van der Waals surface area contributed by atoms with Gasteiger partial charge in [0.15, 0.2) is 5.84 Å². The summed E-state index contributed by atoms with van der Waals surface area (Å²) in [5.74, 6) is 0.242. The summed E-state index contributed by atoms with van der Waals surface area (Å²) >= 11 is 0. The van der Waals surface area contributed by atoms with Gasteiger partial charge in [-0.2, -0.15) is 0 Å². The number of aliphatic hydroxyl groups is 1. The number of rotatable bonds is 13. The van der Waals surface area contributed by atoms with E-state index in [9.17, 15) is 19.1 Å². The summed E-state index contributed by atoms with van der Waals surface area (Å²) in [6.45, 7) is 9.32. The van der Waals surface area contributed by atoms with E-state index in [0.717, 1.165) is 17.5 Å². The largest absolute Gasteiger partial charge is 0.395 e. The zero-order valence-corrected chi connectivity index (χ0v) is 24.2. The molecule has 224 valence electrons. The SMILES string of the molecule is C=C/N=C(\N=C/C)c1ccc(C(=O)N[C@@H](CCCN[C@@H]2C[C@H]2c2ccc(F)cc2)C(=O)N2CCN(CCO)CC2)cc1. The molecule has 4 rings (SSSR count). The monoisotopic (exact) mass is 576 g/mol. The number of carbonyl (C=O) groups excluding carboxylic acids is 2. The zero-order chi connectivity index (χ0) is 29.9. The van der Waals surface area contributed by atoms with Crippen molar-refractivity contribution in [2.75, 3.05) is 45.9 Å². The maximum atomic E-state index is 13.6. The summed E-state index contributed by atoms with van der Waals surface area (Å²) in [7, 11) is 0. The van der Waals surface area contributed by atoms with Crippen molar-refractivity contribution in [3.63, 3.8) is 0 Å². The molecule has 2 aromatic rings. The Hall–Kier alpha value is -3.73. The quantitative estimate of drug-likeness (QED) is 0.193. The predicted octanol–water partition coefficient (Wildman–Crippen LogP) is 2.97. The maximum Gasteiger partial charge on any atom is 0.251 e. The van der Waals surface area contributed by atoms with E-state index < -0.39 is 6.04 Å². The van der Waals surface area contributed by atoms with Gasteiger partial charge in [-0.25, -0.2) is 14.4 Å². The van der Waals surface area contributed by atoms with E-state index in [0.29, 0.717) is 75.5 Å². The highest BCUT2D eigenvalue weighted by Crippen LogP contribution is 2.40. The van der Waals surface area contributed by atoms with Crippen molar-refractivity contribution in [1.29, 1.82) is 0 Å². The molecule has 42 heavy (non-hydrogen) atoms. The summed E-state index contributed by atoms with van der Waals surface area (Å²) in [6, 6.07) is 13.3. The highest BCUT2D eigenvalue weighted by Gasteiger charge is 2.37. The number of aliphatic hydroxyl groups excluding tert-OH is 1. The van der Waals surface area contributed by atoms with Gasteiger partial charge >= 0.3 is 0 Å². The average molecular weight is 577 g/mol. The maximum absolute atomic E-state index is 13.6. The van der Waals surface area contributed by atoms with Gasteiger partial charge in [0.05, 0.1) is 6.61 Å². The molecular formula is C32H41FN6O3. The van der Waals surface area contributed by atoms with Crippen molar-refractivity contribution >= 4 is 23.9 Å². The third-order valence-corrected chi connectivity index (χ3v) is 7.74. The van der Waals surface area contributed by atoms with Gasteiger partial charge in [0.1, 0.15) is 11.9 Å². The highest BCUT2D eigenvalue weighted by molar-refractivity contribution is 6.04. The Morgan fingerprint density at radius 3 is 2.43 bits per heavy atom. The first-order chi connectivity index (χ1) is 20.4. The average Bonchev–Trinajstić information content (AvgIpc) is 3.78. The summed E-state index contributed by atoms with van der Waals surface area (Å²) in [6.07, 6.45) is 5.28. The van der Waals surface area contributed by atoms with Crippen LogP contribution in [0.3, 0.4) is 0 Å². The van der Waals surface area contributed by atoms with Gasteiger partial charge in [-0.1, -0.05) is 30.8 Å². The van der Waals surface area contributed by atoms with Crippen LogP contribution in [0, 0.1) is 5.82 Å². The van der Waals surface area contributed by atoms with Crippen molar-refractivity contribution < 1.29 is 19.1 Å². The van der Waals surface area contributed by atoms with E-state index >= 15 is 0 Å². The lowest BCUT2D eigenvalue weighted by molar-refractivity contribution is -0.135. The number of amides is 2. The zero-order valence-electron chi connectivity index (χ0n) is 24.2. The van der Waals surface area contributed by atoms with Crippen molar-refractivity contribution in [2.24, 2.45) is 9.98 Å². The van der Waals surface area contributed by atoms with E-state index in [1.807, 2.05) is 17.0 Å². The lowest BCUT2D eigenvalue weighted by Crippen LogP contribution is -2.55. The fraction of sp³-hybridized carbons (Fsp3) is 0.438. The van der Waals surface area contributed by atoms with E-state index in [4.69, 9.17) is 0 Å². The van der Waals surface area contributed by atoms with Crippen LogP contribution in [-0.4, -0.2) is 96.7 Å². The summed E-state index contributed by atoms with van der Waals surface area (Å²) in [5, 5.41) is 15.8. The molecule has 0 aromatic heterocycles.